The highest BCUT2D eigenvalue weighted by atomic mass is 32.2. The highest BCUT2D eigenvalue weighted by Gasteiger charge is 2.12. The summed E-state index contributed by atoms with van der Waals surface area (Å²) in [5, 5.41) is 0. The van der Waals surface area contributed by atoms with Crippen LogP contribution in [0, 0.1) is 0 Å². The molecule has 0 atom stereocenters. The largest absolute Gasteiger partial charge is 0.497 e. The first-order chi connectivity index (χ1) is 7.45. The minimum Gasteiger partial charge on any atom is -0.497 e. The van der Waals surface area contributed by atoms with Gasteiger partial charge in [0, 0.05) is 6.54 Å². The Morgan fingerprint density at radius 1 is 1.38 bits per heavy atom. The highest BCUT2D eigenvalue weighted by Crippen LogP contribution is 2.15. The van der Waals surface area contributed by atoms with E-state index in [4.69, 9.17) is 4.74 Å². The minimum atomic E-state index is -3.45. The van der Waals surface area contributed by atoms with Gasteiger partial charge in [-0.05, 0) is 31.2 Å². The van der Waals surface area contributed by atoms with E-state index in [0.29, 0.717) is 5.75 Å². The number of rotatable bonds is 5. The molecule has 0 radical (unpaired) electrons. The van der Waals surface area contributed by atoms with Crippen molar-refractivity contribution in [3.05, 3.63) is 36.4 Å². The Kier molecular flexibility index (Phi) is 4.09. The van der Waals surface area contributed by atoms with E-state index in [1.807, 2.05) is 0 Å². The van der Waals surface area contributed by atoms with Crippen LogP contribution in [0.5, 0.6) is 5.75 Å². The predicted molar refractivity (Wildman–Crippen MR) is 63.0 cm³/mol. The van der Waals surface area contributed by atoms with Crippen LogP contribution in [-0.4, -0.2) is 22.1 Å². The van der Waals surface area contributed by atoms with Crippen LogP contribution in [0.3, 0.4) is 0 Å². The summed E-state index contributed by atoms with van der Waals surface area (Å²) in [4.78, 5) is 0.217. The van der Waals surface area contributed by atoms with Gasteiger partial charge < -0.3 is 4.74 Å². The fourth-order valence-electron chi connectivity index (χ4n) is 1.06. The highest BCUT2D eigenvalue weighted by molar-refractivity contribution is 7.89. The van der Waals surface area contributed by atoms with Gasteiger partial charge >= 0.3 is 0 Å². The molecule has 0 aliphatic heterocycles. The van der Waals surface area contributed by atoms with E-state index in [0.717, 1.165) is 5.57 Å². The van der Waals surface area contributed by atoms with Crippen LogP contribution in [0.2, 0.25) is 0 Å². The summed E-state index contributed by atoms with van der Waals surface area (Å²) in [6.45, 7) is 5.64. The Morgan fingerprint density at radius 3 is 2.38 bits per heavy atom. The SMILES string of the molecule is C=C(C)CNS(=O)(=O)c1ccc(OC)cc1. The van der Waals surface area contributed by atoms with E-state index in [1.165, 1.54) is 19.2 Å². The summed E-state index contributed by atoms with van der Waals surface area (Å²) in [7, 11) is -1.92. The Labute approximate surface area is 96.0 Å². The van der Waals surface area contributed by atoms with Crippen molar-refractivity contribution in [3.8, 4) is 5.75 Å². The van der Waals surface area contributed by atoms with Crippen LogP contribution in [0.1, 0.15) is 6.92 Å². The molecule has 0 spiro atoms. The molecule has 88 valence electrons. The lowest BCUT2D eigenvalue weighted by molar-refractivity contribution is 0.414. The molecule has 0 aliphatic rings. The van der Waals surface area contributed by atoms with E-state index in [1.54, 1.807) is 19.1 Å². The van der Waals surface area contributed by atoms with Crippen molar-refractivity contribution in [3.63, 3.8) is 0 Å². The number of ether oxygens (including phenoxy) is 1. The number of sulfonamides is 1. The van der Waals surface area contributed by atoms with Crippen molar-refractivity contribution in [1.29, 1.82) is 0 Å². The molecular formula is C11H15NO3S. The van der Waals surface area contributed by atoms with Crippen LogP contribution in [-0.2, 0) is 10.0 Å². The molecule has 1 N–H and O–H groups in total. The smallest absolute Gasteiger partial charge is 0.240 e. The lowest BCUT2D eigenvalue weighted by Gasteiger charge is -2.07. The van der Waals surface area contributed by atoms with E-state index in [-0.39, 0.29) is 11.4 Å². The standard InChI is InChI=1S/C11H15NO3S/c1-9(2)8-12-16(13,14)11-6-4-10(15-3)5-7-11/h4-7,12H,1,8H2,2-3H3. The molecule has 0 aromatic heterocycles. The second kappa shape index (κ2) is 5.14. The lowest BCUT2D eigenvalue weighted by Crippen LogP contribution is -2.25. The number of hydrogen-bond donors (Lipinski definition) is 1. The maximum absolute atomic E-state index is 11.7. The third kappa shape index (κ3) is 3.36. The molecule has 0 saturated heterocycles. The summed E-state index contributed by atoms with van der Waals surface area (Å²) < 4.78 is 30.9. The molecule has 5 heteroatoms. The van der Waals surface area contributed by atoms with E-state index in [9.17, 15) is 8.42 Å². The zero-order valence-electron chi connectivity index (χ0n) is 9.36. The lowest BCUT2D eigenvalue weighted by atomic mass is 10.3. The molecule has 1 aromatic carbocycles. The van der Waals surface area contributed by atoms with Crippen molar-refractivity contribution in [2.45, 2.75) is 11.8 Å². The molecule has 4 nitrogen and oxygen atoms in total. The van der Waals surface area contributed by atoms with Gasteiger partial charge in [0.1, 0.15) is 5.75 Å². The van der Waals surface area contributed by atoms with Gasteiger partial charge in [-0.15, -0.1) is 0 Å². The average Bonchev–Trinajstić information content (AvgIpc) is 2.27. The predicted octanol–water partition coefficient (Wildman–Crippen LogP) is 1.55. The van der Waals surface area contributed by atoms with Gasteiger partial charge in [0.25, 0.3) is 0 Å². The Balaban J connectivity index is 2.85. The fourth-order valence-corrected chi connectivity index (χ4v) is 2.15. The van der Waals surface area contributed by atoms with Crippen LogP contribution >= 0.6 is 0 Å². The summed E-state index contributed by atoms with van der Waals surface area (Å²) in [6.07, 6.45) is 0. The van der Waals surface area contributed by atoms with Crippen LogP contribution in [0.15, 0.2) is 41.3 Å². The molecule has 0 bridgehead atoms. The molecule has 0 amide bonds. The first-order valence-electron chi connectivity index (χ1n) is 4.74. The maximum atomic E-state index is 11.7. The molecule has 0 aliphatic carbocycles. The second-order valence-electron chi connectivity index (χ2n) is 3.46. The van der Waals surface area contributed by atoms with Gasteiger partial charge in [0.15, 0.2) is 0 Å². The van der Waals surface area contributed by atoms with Crippen molar-refractivity contribution < 1.29 is 13.2 Å². The van der Waals surface area contributed by atoms with E-state index < -0.39 is 10.0 Å². The first-order valence-corrected chi connectivity index (χ1v) is 6.22. The van der Waals surface area contributed by atoms with Crippen molar-refractivity contribution in [2.24, 2.45) is 0 Å². The third-order valence-corrected chi connectivity index (χ3v) is 3.35. The molecular weight excluding hydrogens is 226 g/mol. The molecule has 16 heavy (non-hydrogen) atoms. The summed E-state index contributed by atoms with van der Waals surface area (Å²) in [6, 6.07) is 6.21. The maximum Gasteiger partial charge on any atom is 0.240 e. The quantitative estimate of drug-likeness (QED) is 0.796. The van der Waals surface area contributed by atoms with Crippen LogP contribution in [0.4, 0.5) is 0 Å². The summed E-state index contributed by atoms with van der Waals surface area (Å²) in [5.41, 5.74) is 0.761. The molecule has 0 heterocycles. The molecule has 1 aromatic rings. The zero-order valence-corrected chi connectivity index (χ0v) is 10.2. The zero-order chi connectivity index (χ0) is 12.2. The Bertz CT molecular complexity index is 463. The monoisotopic (exact) mass is 241 g/mol. The van der Waals surface area contributed by atoms with Crippen molar-refractivity contribution in [2.75, 3.05) is 13.7 Å². The Hall–Kier alpha value is -1.33. The van der Waals surface area contributed by atoms with Gasteiger partial charge in [0.2, 0.25) is 10.0 Å². The topological polar surface area (TPSA) is 55.4 Å². The van der Waals surface area contributed by atoms with Gasteiger partial charge in [-0.1, -0.05) is 12.2 Å². The Morgan fingerprint density at radius 2 is 1.94 bits per heavy atom. The van der Waals surface area contributed by atoms with Crippen LogP contribution in [0.25, 0.3) is 0 Å². The molecule has 0 unspecified atom stereocenters. The third-order valence-electron chi connectivity index (χ3n) is 1.93. The first kappa shape index (κ1) is 12.7. The van der Waals surface area contributed by atoms with Gasteiger partial charge in [-0.25, -0.2) is 13.1 Å². The second-order valence-corrected chi connectivity index (χ2v) is 5.22. The molecule has 0 saturated carbocycles. The van der Waals surface area contributed by atoms with Crippen LogP contribution < -0.4 is 9.46 Å². The van der Waals surface area contributed by atoms with Gasteiger partial charge in [-0.3, -0.25) is 0 Å². The van der Waals surface area contributed by atoms with Gasteiger partial charge in [0.05, 0.1) is 12.0 Å². The fraction of sp³-hybridized carbons (Fsp3) is 0.273. The molecule has 0 fully saturated rings. The molecule has 1 rings (SSSR count). The summed E-state index contributed by atoms with van der Waals surface area (Å²) >= 11 is 0. The number of benzene rings is 1. The van der Waals surface area contributed by atoms with Crippen molar-refractivity contribution >= 4 is 10.0 Å². The number of nitrogens with one attached hydrogen (secondary N) is 1. The average molecular weight is 241 g/mol. The number of methoxy groups -OCH3 is 1. The number of hydrogen-bond acceptors (Lipinski definition) is 3. The van der Waals surface area contributed by atoms with Crippen molar-refractivity contribution in [1.82, 2.24) is 4.72 Å². The normalized spacial score (nSPS) is 11.1. The van der Waals surface area contributed by atoms with E-state index >= 15 is 0 Å². The van der Waals surface area contributed by atoms with E-state index in [2.05, 4.69) is 11.3 Å². The minimum absolute atomic E-state index is 0.217. The van der Waals surface area contributed by atoms with Gasteiger partial charge in [-0.2, -0.15) is 0 Å². The summed E-state index contributed by atoms with van der Waals surface area (Å²) in [5.74, 6) is 0.624.